The summed E-state index contributed by atoms with van der Waals surface area (Å²) >= 11 is 0. The van der Waals surface area contributed by atoms with Crippen LogP contribution in [0.5, 0.6) is 0 Å². The van der Waals surface area contributed by atoms with Crippen molar-refractivity contribution in [2.24, 2.45) is 11.8 Å². The van der Waals surface area contributed by atoms with Crippen molar-refractivity contribution in [2.75, 3.05) is 0 Å². The summed E-state index contributed by atoms with van der Waals surface area (Å²) in [5.74, 6) is 1.44. The molecular formula is C15H34O2Si2. The van der Waals surface area contributed by atoms with Gasteiger partial charge in [0.05, 0.1) is 12.2 Å². The molecule has 1 fully saturated rings. The molecule has 0 aliphatic heterocycles. The molecule has 1 saturated carbocycles. The van der Waals surface area contributed by atoms with E-state index < -0.39 is 16.6 Å². The van der Waals surface area contributed by atoms with Crippen LogP contribution in [0.25, 0.3) is 0 Å². The van der Waals surface area contributed by atoms with Gasteiger partial charge >= 0.3 is 0 Å². The monoisotopic (exact) mass is 302 g/mol. The lowest BCUT2D eigenvalue weighted by molar-refractivity contribution is 0.0299. The Morgan fingerprint density at radius 2 is 1.47 bits per heavy atom. The van der Waals surface area contributed by atoms with E-state index >= 15 is 0 Å². The van der Waals surface area contributed by atoms with E-state index in [0.717, 1.165) is 5.92 Å². The zero-order valence-corrected chi connectivity index (χ0v) is 16.2. The maximum atomic E-state index is 6.53. The van der Waals surface area contributed by atoms with Gasteiger partial charge in [0.15, 0.2) is 16.6 Å². The van der Waals surface area contributed by atoms with Crippen LogP contribution in [0.15, 0.2) is 0 Å². The van der Waals surface area contributed by atoms with Crippen LogP contribution >= 0.6 is 0 Å². The van der Waals surface area contributed by atoms with Gasteiger partial charge < -0.3 is 8.85 Å². The molecule has 0 spiro atoms. The fourth-order valence-corrected chi connectivity index (χ4v) is 5.33. The average molecular weight is 303 g/mol. The Bertz CT molecular complexity index is 281. The van der Waals surface area contributed by atoms with Gasteiger partial charge in [-0.05, 0) is 64.0 Å². The highest BCUT2D eigenvalue weighted by atomic mass is 28.4. The molecule has 1 aliphatic carbocycles. The molecule has 4 heteroatoms. The maximum absolute atomic E-state index is 6.53. The van der Waals surface area contributed by atoms with Crippen LogP contribution in [0, 0.1) is 11.8 Å². The van der Waals surface area contributed by atoms with Crippen molar-refractivity contribution in [3.8, 4) is 0 Å². The number of hydrogen-bond donors (Lipinski definition) is 0. The summed E-state index contributed by atoms with van der Waals surface area (Å²) in [6.45, 7) is 18.4. The smallest absolute Gasteiger partial charge is 0.184 e. The fourth-order valence-electron chi connectivity index (χ4n) is 3.02. The first kappa shape index (κ1) is 17.4. The predicted molar refractivity (Wildman–Crippen MR) is 88.6 cm³/mol. The molecule has 0 aromatic rings. The first-order valence-electron chi connectivity index (χ1n) is 7.89. The van der Waals surface area contributed by atoms with Crippen molar-refractivity contribution in [1.29, 1.82) is 0 Å². The third-order valence-electron chi connectivity index (χ3n) is 3.94. The summed E-state index contributed by atoms with van der Waals surface area (Å²) in [4.78, 5) is 0. The summed E-state index contributed by atoms with van der Waals surface area (Å²) in [7, 11) is -2.98. The first-order chi connectivity index (χ1) is 8.53. The lowest BCUT2D eigenvalue weighted by Crippen LogP contribution is -2.45. The summed E-state index contributed by atoms with van der Waals surface area (Å²) in [6.07, 6.45) is 4.40. The van der Waals surface area contributed by atoms with E-state index in [-0.39, 0.29) is 0 Å². The van der Waals surface area contributed by atoms with Gasteiger partial charge in [-0.1, -0.05) is 20.3 Å². The van der Waals surface area contributed by atoms with Gasteiger partial charge in [0.1, 0.15) is 0 Å². The Morgan fingerprint density at radius 1 is 0.947 bits per heavy atom. The minimum atomic E-state index is -1.50. The van der Waals surface area contributed by atoms with Crippen LogP contribution in [0.4, 0.5) is 0 Å². The first-order valence-corrected chi connectivity index (χ1v) is 14.7. The summed E-state index contributed by atoms with van der Waals surface area (Å²) < 4.78 is 12.9. The predicted octanol–water partition coefficient (Wildman–Crippen LogP) is 4.88. The van der Waals surface area contributed by atoms with Crippen molar-refractivity contribution in [2.45, 2.75) is 84.6 Å². The Hall–Kier alpha value is 0.354. The van der Waals surface area contributed by atoms with Gasteiger partial charge in [0.2, 0.25) is 0 Å². The molecule has 0 bridgehead atoms. The summed E-state index contributed by atoms with van der Waals surface area (Å²) in [5, 5.41) is 0. The Labute approximate surface area is 122 Å². The van der Waals surface area contributed by atoms with Crippen LogP contribution in [0.3, 0.4) is 0 Å². The van der Waals surface area contributed by atoms with Gasteiger partial charge in [-0.3, -0.25) is 0 Å². The lowest BCUT2D eigenvalue weighted by atomic mass is 9.89. The molecule has 19 heavy (non-hydrogen) atoms. The molecule has 0 aromatic carbocycles. The molecule has 2 nitrogen and oxygen atoms in total. The highest BCUT2D eigenvalue weighted by Crippen LogP contribution is 2.39. The molecule has 4 unspecified atom stereocenters. The van der Waals surface area contributed by atoms with Crippen molar-refractivity contribution in [1.82, 2.24) is 0 Å². The minimum Gasteiger partial charge on any atom is -0.412 e. The van der Waals surface area contributed by atoms with Crippen molar-refractivity contribution in [3.63, 3.8) is 0 Å². The van der Waals surface area contributed by atoms with Crippen LogP contribution in [-0.4, -0.2) is 28.8 Å². The zero-order valence-electron chi connectivity index (χ0n) is 14.2. The zero-order chi connectivity index (χ0) is 14.8. The minimum absolute atomic E-state index is 0.341. The second-order valence-corrected chi connectivity index (χ2v) is 17.0. The molecule has 0 aromatic heterocycles. The highest BCUT2D eigenvalue weighted by Gasteiger charge is 2.43. The van der Waals surface area contributed by atoms with E-state index in [1.807, 2.05) is 0 Å². The highest BCUT2D eigenvalue weighted by molar-refractivity contribution is 6.70. The third-order valence-corrected chi connectivity index (χ3v) is 5.93. The van der Waals surface area contributed by atoms with Crippen molar-refractivity contribution in [3.05, 3.63) is 0 Å². The molecule has 4 atom stereocenters. The van der Waals surface area contributed by atoms with Gasteiger partial charge in [-0.25, -0.2) is 0 Å². The second kappa shape index (κ2) is 6.41. The van der Waals surface area contributed by atoms with Gasteiger partial charge in [0.25, 0.3) is 0 Å². The molecule has 0 N–H and O–H groups in total. The normalized spacial score (nSPS) is 30.6. The van der Waals surface area contributed by atoms with E-state index in [1.54, 1.807) is 0 Å². The van der Waals surface area contributed by atoms with E-state index in [9.17, 15) is 0 Å². The van der Waals surface area contributed by atoms with Gasteiger partial charge in [-0.15, -0.1) is 0 Å². The average Bonchev–Trinajstić information content (AvgIpc) is 2.56. The molecule has 0 heterocycles. The van der Waals surface area contributed by atoms with Crippen molar-refractivity contribution >= 4 is 16.6 Å². The molecule has 1 rings (SSSR count). The Morgan fingerprint density at radius 3 is 1.89 bits per heavy atom. The number of rotatable bonds is 6. The molecular weight excluding hydrogens is 268 g/mol. The summed E-state index contributed by atoms with van der Waals surface area (Å²) in [6, 6.07) is 0. The number of hydrogen-bond acceptors (Lipinski definition) is 2. The molecule has 0 amide bonds. The summed E-state index contributed by atoms with van der Waals surface area (Å²) in [5.41, 5.74) is 0. The van der Waals surface area contributed by atoms with Crippen LogP contribution in [-0.2, 0) is 8.85 Å². The molecule has 114 valence electrons. The lowest BCUT2D eigenvalue weighted by Gasteiger charge is -2.36. The standard InChI is InChI=1S/C15H34O2Si2/c1-9-12(2)13-10-11-14(16-18(3,4)5)15(13)17-19(6,7)8/h12-15H,9-11H2,1-8H3. The third kappa shape index (κ3) is 5.70. The molecule has 1 aliphatic rings. The van der Waals surface area contributed by atoms with E-state index in [0.29, 0.717) is 18.1 Å². The van der Waals surface area contributed by atoms with Crippen LogP contribution in [0.1, 0.15) is 33.1 Å². The van der Waals surface area contributed by atoms with Gasteiger partial charge in [-0.2, -0.15) is 0 Å². The Kier molecular flexibility index (Phi) is 5.88. The van der Waals surface area contributed by atoms with E-state index in [1.165, 1.54) is 19.3 Å². The molecule has 0 saturated heterocycles. The van der Waals surface area contributed by atoms with Crippen molar-refractivity contribution < 1.29 is 8.85 Å². The van der Waals surface area contributed by atoms with E-state index in [4.69, 9.17) is 8.85 Å². The fraction of sp³-hybridized carbons (Fsp3) is 1.00. The Balaban J connectivity index is 2.81. The quantitative estimate of drug-likeness (QED) is 0.651. The van der Waals surface area contributed by atoms with Gasteiger partial charge in [0, 0.05) is 0 Å². The molecule has 0 radical (unpaired) electrons. The van der Waals surface area contributed by atoms with Crippen LogP contribution in [0.2, 0.25) is 39.3 Å². The maximum Gasteiger partial charge on any atom is 0.184 e. The van der Waals surface area contributed by atoms with Crippen LogP contribution < -0.4 is 0 Å². The van der Waals surface area contributed by atoms with E-state index in [2.05, 4.69) is 53.1 Å². The second-order valence-electron chi connectivity index (χ2n) is 8.09. The SMILES string of the molecule is CCC(C)C1CCC(O[Si](C)(C)C)C1O[Si](C)(C)C. The largest absolute Gasteiger partial charge is 0.412 e. The topological polar surface area (TPSA) is 18.5 Å².